The Hall–Kier alpha value is -0.930. The molecular weight excluding hydrogens is 188 g/mol. The molecule has 0 spiro atoms. The van der Waals surface area contributed by atoms with E-state index >= 15 is 0 Å². The number of aliphatic hydroxyl groups is 1. The van der Waals surface area contributed by atoms with Crippen molar-refractivity contribution >= 4 is 0 Å². The molecule has 3 nitrogen and oxygen atoms in total. The molecule has 1 aromatic heterocycles. The molecule has 0 unspecified atom stereocenters. The monoisotopic (exact) mass is 206 g/mol. The van der Waals surface area contributed by atoms with Gasteiger partial charge in [-0.25, -0.2) is 0 Å². The highest BCUT2D eigenvalue weighted by atomic mass is 16.3. The summed E-state index contributed by atoms with van der Waals surface area (Å²) >= 11 is 0. The lowest BCUT2D eigenvalue weighted by Gasteiger charge is -2.38. The van der Waals surface area contributed by atoms with Crippen molar-refractivity contribution in [1.29, 1.82) is 0 Å². The predicted molar refractivity (Wildman–Crippen MR) is 59.4 cm³/mol. The highest BCUT2D eigenvalue weighted by Gasteiger charge is 2.29. The van der Waals surface area contributed by atoms with Gasteiger partial charge in [-0.2, -0.15) is 0 Å². The molecule has 2 rings (SSSR count). The number of aliphatic hydroxyl groups excluding tert-OH is 1. The third-order valence-electron chi connectivity index (χ3n) is 3.27. The van der Waals surface area contributed by atoms with E-state index < -0.39 is 0 Å². The van der Waals surface area contributed by atoms with Crippen molar-refractivity contribution in [1.82, 2.24) is 9.88 Å². The standard InChI is InChI=1S/C12H18N2O/c1-14-7-3-5-11(9-15)12(14)10-4-2-6-13-8-10/h2,4,6,8,11-12,15H,3,5,7,9H2,1H3/t11-,12-/m0/s1. The Balaban J connectivity index is 2.23. The van der Waals surface area contributed by atoms with Crippen molar-refractivity contribution in [3.05, 3.63) is 30.1 Å². The van der Waals surface area contributed by atoms with Gasteiger partial charge in [0.15, 0.2) is 0 Å². The summed E-state index contributed by atoms with van der Waals surface area (Å²) in [5, 5.41) is 9.39. The number of hydrogen-bond donors (Lipinski definition) is 1. The smallest absolute Gasteiger partial charge is 0.0477 e. The van der Waals surface area contributed by atoms with Gasteiger partial charge in [0.05, 0.1) is 0 Å². The van der Waals surface area contributed by atoms with E-state index in [1.165, 1.54) is 12.0 Å². The second-order valence-corrected chi connectivity index (χ2v) is 4.30. The van der Waals surface area contributed by atoms with Gasteiger partial charge in [-0.3, -0.25) is 9.88 Å². The molecule has 2 atom stereocenters. The van der Waals surface area contributed by atoms with Crippen LogP contribution in [0.3, 0.4) is 0 Å². The van der Waals surface area contributed by atoms with Crippen molar-refractivity contribution in [2.75, 3.05) is 20.2 Å². The van der Waals surface area contributed by atoms with Crippen LogP contribution in [0.25, 0.3) is 0 Å². The van der Waals surface area contributed by atoms with Gasteiger partial charge in [0.1, 0.15) is 0 Å². The molecule has 1 aromatic rings. The lowest BCUT2D eigenvalue weighted by molar-refractivity contribution is 0.0741. The topological polar surface area (TPSA) is 36.4 Å². The van der Waals surface area contributed by atoms with Crippen LogP contribution in [-0.2, 0) is 0 Å². The van der Waals surface area contributed by atoms with Crippen LogP contribution < -0.4 is 0 Å². The Kier molecular flexibility index (Phi) is 3.34. The van der Waals surface area contributed by atoms with Crippen LogP contribution in [0.2, 0.25) is 0 Å². The van der Waals surface area contributed by atoms with Crippen LogP contribution >= 0.6 is 0 Å². The number of piperidine rings is 1. The maximum absolute atomic E-state index is 9.39. The molecule has 1 aliphatic heterocycles. The van der Waals surface area contributed by atoms with Crippen LogP contribution in [0.4, 0.5) is 0 Å². The van der Waals surface area contributed by atoms with Gasteiger partial charge in [-0.05, 0) is 38.1 Å². The quantitative estimate of drug-likeness (QED) is 0.795. The van der Waals surface area contributed by atoms with E-state index in [9.17, 15) is 5.11 Å². The van der Waals surface area contributed by atoms with Gasteiger partial charge in [0, 0.05) is 31.0 Å². The van der Waals surface area contributed by atoms with Crippen LogP contribution in [0.15, 0.2) is 24.5 Å². The summed E-state index contributed by atoms with van der Waals surface area (Å²) in [5.41, 5.74) is 1.22. The molecular formula is C12H18N2O. The van der Waals surface area contributed by atoms with Crippen LogP contribution in [0, 0.1) is 5.92 Å². The fourth-order valence-electron chi connectivity index (χ4n) is 2.53. The second kappa shape index (κ2) is 4.73. The summed E-state index contributed by atoms with van der Waals surface area (Å²) in [6, 6.07) is 4.39. The second-order valence-electron chi connectivity index (χ2n) is 4.30. The molecule has 15 heavy (non-hydrogen) atoms. The minimum absolute atomic E-state index is 0.268. The number of nitrogens with zero attached hydrogens (tertiary/aromatic N) is 2. The summed E-state index contributed by atoms with van der Waals surface area (Å²) in [5.74, 6) is 0.355. The maximum Gasteiger partial charge on any atom is 0.0477 e. The minimum Gasteiger partial charge on any atom is -0.396 e. The summed E-state index contributed by atoms with van der Waals surface area (Å²) in [6.45, 7) is 1.37. The summed E-state index contributed by atoms with van der Waals surface area (Å²) in [6.07, 6.45) is 5.99. The lowest BCUT2D eigenvalue weighted by Crippen LogP contribution is -2.37. The molecule has 1 saturated heterocycles. The number of pyridine rings is 1. The van der Waals surface area contributed by atoms with E-state index in [4.69, 9.17) is 0 Å². The van der Waals surface area contributed by atoms with Gasteiger partial charge in [-0.15, -0.1) is 0 Å². The summed E-state index contributed by atoms with van der Waals surface area (Å²) < 4.78 is 0. The molecule has 0 aromatic carbocycles. The van der Waals surface area contributed by atoms with Gasteiger partial charge >= 0.3 is 0 Å². The van der Waals surface area contributed by atoms with E-state index in [0.29, 0.717) is 12.0 Å². The Labute approximate surface area is 90.8 Å². The molecule has 0 bridgehead atoms. The molecule has 1 aliphatic rings. The average molecular weight is 206 g/mol. The Bertz CT molecular complexity index is 302. The normalized spacial score (nSPS) is 27.9. The first-order valence-electron chi connectivity index (χ1n) is 5.54. The van der Waals surface area contributed by atoms with E-state index in [1.54, 1.807) is 6.20 Å². The molecule has 0 aliphatic carbocycles. The fraction of sp³-hybridized carbons (Fsp3) is 0.583. The predicted octanol–water partition coefficient (Wildman–Crippen LogP) is 1.46. The van der Waals surface area contributed by atoms with Crippen molar-refractivity contribution < 1.29 is 5.11 Å². The largest absolute Gasteiger partial charge is 0.396 e. The minimum atomic E-state index is 0.268. The molecule has 0 amide bonds. The molecule has 3 heteroatoms. The molecule has 0 radical (unpaired) electrons. The van der Waals surface area contributed by atoms with E-state index in [-0.39, 0.29) is 6.61 Å². The average Bonchev–Trinajstić information content (AvgIpc) is 2.29. The van der Waals surface area contributed by atoms with Crippen LogP contribution in [0.1, 0.15) is 24.4 Å². The van der Waals surface area contributed by atoms with Gasteiger partial charge in [0.2, 0.25) is 0 Å². The third kappa shape index (κ3) is 2.19. The Morgan fingerprint density at radius 1 is 1.60 bits per heavy atom. The summed E-state index contributed by atoms with van der Waals surface area (Å²) in [4.78, 5) is 6.48. The first-order valence-corrected chi connectivity index (χ1v) is 5.54. The third-order valence-corrected chi connectivity index (χ3v) is 3.27. The van der Waals surface area contributed by atoms with E-state index in [0.717, 1.165) is 13.0 Å². The van der Waals surface area contributed by atoms with Crippen molar-refractivity contribution in [2.45, 2.75) is 18.9 Å². The zero-order chi connectivity index (χ0) is 10.7. The van der Waals surface area contributed by atoms with Gasteiger partial charge in [-0.1, -0.05) is 6.07 Å². The fourth-order valence-corrected chi connectivity index (χ4v) is 2.53. The van der Waals surface area contributed by atoms with E-state index in [1.807, 2.05) is 12.3 Å². The molecule has 82 valence electrons. The van der Waals surface area contributed by atoms with Crippen molar-refractivity contribution in [3.8, 4) is 0 Å². The first kappa shape index (κ1) is 10.6. The maximum atomic E-state index is 9.39. The molecule has 1 N–H and O–H groups in total. The first-order chi connectivity index (χ1) is 7.33. The molecule has 1 fully saturated rings. The van der Waals surface area contributed by atoms with Gasteiger partial charge in [0.25, 0.3) is 0 Å². The van der Waals surface area contributed by atoms with Crippen LogP contribution in [0.5, 0.6) is 0 Å². The Morgan fingerprint density at radius 2 is 2.47 bits per heavy atom. The zero-order valence-corrected chi connectivity index (χ0v) is 9.13. The number of rotatable bonds is 2. The van der Waals surface area contributed by atoms with Gasteiger partial charge < -0.3 is 5.11 Å². The van der Waals surface area contributed by atoms with E-state index in [2.05, 4.69) is 23.0 Å². The molecule has 2 heterocycles. The number of likely N-dealkylation sites (tertiary alicyclic amines) is 1. The highest BCUT2D eigenvalue weighted by Crippen LogP contribution is 2.33. The highest BCUT2D eigenvalue weighted by molar-refractivity contribution is 5.15. The van der Waals surface area contributed by atoms with Crippen molar-refractivity contribution in [2.24, 2.45) is 5.92 Å². The molecule has 0 saturated carbocycles. The lowest BCUT2D eigenvalue weighted by atomic mass is 9.86. The number of aromatic nitrogens is 1. The number of hydrogen-bond acceptors (Lipinski definition) is 3. The Morgan fingerprint density at radius 3 is 3.13 bits per heavy atom. The zero-order valence-electron chi connectivity index (χ0n) is 9.13. The SMILES string of the molecule is CN1CCC[C@@H](CO)[C@@H]1c1cccnc1. The van der Waals surface area contributed by atoms with Crippen molar-refractivity contribution in [3.63, 3.8) is 0 Å². The van der Waals surface area contributed by atoms with Crippen LogP contribution in [-0.4, -0.2) is 35.2 Å². The summed E-state index contributed by atoms with van der Waals surface area (Å²) in [7, 11) is 2.12.